The fourth-order valence-electron chi connectivity index (χ4n) is 1.26. The van der Waals surface area contributed by atoms with Crippen LogP contribution in [0.1, 0.15) is 10.1 Å². The molecule has 15 heavy (non-hydrogen) atoms. The Bertz CT molecular complexity index is 386. The number of rotatable bonds is 4. The van der Waals surface area contributed by atoms with Crippen LogP contribution < -0.4 is 5.73 Å². The van der Waals surface area contributed by atoms with E-state index in [-0.39, 0.29) is 0 Å². The molecule has 1 atom stereocenters. The van der Waals surface area contributed by atoms with Crippen LogP contribution in [0.25, 0.3) is 0 Å². The van der Waals surface area contributed by atoms with Gasteiger partial charge >= 0.3 is 0 Å². The third-order valence-corrected chi connectivity index (χ3v) is 4.32. The van der Waals surface area contributed by atoms with Gasteiger partial charge in [-0.25, -0.2) is 4.98 Å². The highest BCUT2D eigenvalue weighted by Crippen LogP contribution is 2.35. The molecule has 0 bridgehead atoms. The molecule has 0 fully saturated rings. The highest BCUT2D eigenvalue weighted by atomic mass is 32.2. The van der Waals surface area contributed by atoms with Crippen LogP contribution in [-0.2, 0) is 0 Å². The average Bonchev–Trinajstić information content (AvgIpc) is 2.81. The van der Waals surface area contributed by atoms with E-state index in [1.165, 1.54) is 4.88 Å². The van der Waals surface area contributed by atoms with Crippen molar-refractivity contribution >= 4 is 23.1 Å². The lowest BCUT2D eigenvalue weighted by Gasteiger charge is -2.11. The maximum Gasteiger partial charge on any atom is 0.0966 e. The molecule has 0 aliphatic heterocycles. The zero-order chi connectivity index (χ0) is 10.5. The molecular weight excluding hydrogens is 224 g/mol. The van der Waals surface area contributed by atoms with Crippen LogP contribution in [0.15, 0.2) is 46.9 Å². The Kier molecular flexibility index (Phi) is 3.77. The lowest BCUT2D eigenvalue weighted by Crippen LogP contribution is -2.08. The highest BCUT2D eigenvalue weighted by Gasteiger charge is 2.12. The smallest absolute Gasteiger partial charge is 0.0966 e. The number of thioether (sulfide) groups is 1. The van der Waals surface area contributed by atoms with Crippen molar-refractivity contribution in [1.29, 1.82) is 0 Å². The lowest BCUT2D eigenvalue weighted by atomic mass is 10.3. The maximum atomic E-state index is 5.77. The van der Waals surface area contributed by atoms with E-state index in [2.05, 4.69) is 22.5 Å². The molecular formula is C11H12N2S2. The number of pyridine rings is 1. The second-order valence-electron chi connectivity index (χ2n) is 3.03. The van der Waals surface area contributed by atoms with Crippen molar-refractivity contribution in [3.63, 3.8) is 0 Å². The zero-order valence-corrected chi connectivity index (χ0v) is 9.80. The first-order valence-electron chi connectivity index (χ1n) is 4.71. The molecule has 2 nitrogen and oxygen atoms in total. The van der Waals surface area contributed by atoms with Gasteiger partial charge in [-0.3, -0.25) is 0 Å². The quantitative estimate of drug-likeness (QED) is 0.830. The van der Waals surface area contributed by atoms with Crippen LogP contribution in [0.2, 0.25) is 0 Å². The minimum atomic E-state index is 0.319. The van der Waals surface area contributed by atoms with Crippen molar-refractivity contribution in [2.75, 3.05) is 6.54 Å². The van der Waals surface area contributed by atoms with Crippen LogP contribution in [-0.4, -0.2) is 11.5 Å². The van der Waals surface area contributed by atoms with Gasteiger partial charge in [-0.2, -0.15) is 0 Å². The van der Waals surface area contributed by atoms with Gasteiger partial charge < -0.3 is 5.73 Å². The van der Waals surface area contributed by atoms with Gasteiger partial charge in [-0.1, -0.05) is 23.9 Å². The van der Waals surface area contributed by atoms with Gasteiger partial charge in [0, 0.05) is 17.6 Å². The molecule has 78 valence electrons. The van der Waals surface area contributed by atoms with Crippen molar-refractivity contribution < 1.29 is 0 Å². The highest BCUT2D eigenvalue weighted by molar-refractivity contribution is 7.99. The lowest BCUT2D eigenvalue weighted by molar-refractivity contribution is 0.953. The molecule has 0 aliphatic rings. The Morgan fingerprint density at radius 3 is 2.87 bits per heavy atom. The topological polar surface area (TPSA) is 38.9 Å². The van der Waals surface area contributed by atoms with Crippen molar-refractivity contribution in [3.8, 4) is 0 Å². The fraction of sp³-hybridized carbons (Fsp3) is 0.182. The van der Waals surface area contributed by atoms with Crippen LogP contribution in [0.4, 0.5) is 0 Å². The second-order valence-corrected chi connectivity index (χ2v) is 5.23. The predicted molar refractivity (Wildman–Crippen MR) is 66.2 cm³/mol. The average molecular weight is 236 g/mol. The van der Waals surface area contributed by atoms with E-state index >= 15 is 0 Å². The molecule has 0 saturated carbocycles. The van der Waals surface area contributed by atoms with Crippen LogP contribution >= 0.6 is 23.1 Å². The summed E-state index contributed by atoms with van der Waals surface area (Å²) >= 11 is 3.47. The summed E-state index contributed by atoms with van der Waals surface area (Å²) in [5.74, 6) is 0. The molecule has 2 rings (SSSR count). The predicted octanol–water partition coefficient (Wildman–Crippen LogP) is 2.94. The summed E-state index contributed by atoms with van der Waals surface area (Å²) in [7, 11) is 0. The summed E-state index contributed by atoms with van der Waals surface area (Å²) in [5, 5.41) is 3.43. The number of aromatic nitrogens is 1. The van der Waals surface area contributed by atoms with E-state index < -0.39 is 0 Å². The SMILES string of the molecule is NCC(Sc1ccccn1)c1cccs1. The first kappa shape index (κ1) is 10.7. The molecule has 1 unspecified atom stereocenters. The molecule has 0 aliphatic carbocycles. The van der Waals surface area contributed by atoms with Gasteiger partial charge in [0.1, 0.15) is 0 Å². The summed E-state index contributed by atoms with van der Waals surface area (Å²) in [5.41, 5.74) is 5.77. The van der Waals surface area contributed by atoms with Crippen LogP contribution in [0, 0.1) is 0 Å². The summed E-state index contributed by atoms with van der Waals surface area (Å²) in [6.07, 6.45) is 1.81. The van der Waals surface area contributed by atoms with E-state index in [4.69, 9.17) is 5.73 Å². The molecule has 0 amide bonds. The normalized spacial score (nSPS) is 12.6. The Morgan fingerprint density at radius 1 is 1.33 bits per heavy atom. The summed E-state index contributed by atoms with van der Waals surface area (Å²) in [6, 6.07) is 10.1. The maximum absolute atomic E-state index is 5.77. The molecule has 0 spiro atoms. The van der Waals surface area contributed by atoms with Crippen LogP contribution in [0.3, 0.4) is 0 Å². The van der Waals surface area contributed by atoms with Crippen molar-refractivity contribution in [3.05, 3.63) is 46.8 Å². The standard InChI is InChI=1S/C11H12N2S2/c12-8-10(9-4-3-7-14-9)15-11-5-1-2-6-13-11/h1-7,10H,8,12H2. The zero-order valence-electron chi connectivity index (χ0n) is 8.17. The number of thiophene rings is 1. The number of hydrogen-bond donors (Lipinski definition) is 1. The second kappa shape index (κ2) is 5.30. The number of nitrogens with two attached hydrogens (primary N) is 1. The molecule has 4 heteroatoms. The van der Waals surface area contributed by atoms with E-state index in [9.17, 15) is 0 Å². The monoisotopic (exact) mass is 236 g/mol. The number of nitrogens with zero attached hydrogens (tertiary/aromatic N) is 1. The van der Waals surface area contributed by atoms with E-state index in [1.807, 2.05) is 24.4 Å². The summed E-state index contributed by atoms with van der Waals surface area (Å²) in [4.78, 5) is 5.60. The Morgan fingerprint density at radius 2 is 2.27 bits per heavy atom. The Hall–Kier alpha value is -0.840. The van der Waals surface area contributed by atoms with Crippen molar-refractivity contribution in [2.24, 2.45) is 5.73 Å². The van der Waals surface area contributed by atoms with Gasteiger partial charge in [0.2, 0.25) is 0 Å². The minimum absolute atomic E-state index is 0.319. The third-order valence-electron chi connectivity index (χ3n) is 1.98. The van der Waals surface area contributed by atoms with Gasteiger partial charge in [0.15, 0.2) is 0 Å². The minimum Gasteiger partial charge on any atom is -0.329 e. The van der Waals surface area contributed by atoms with Crippen molar-refractivity contribution in [2.45, 2.75) is 10.3 Å². The third kappa shape index (κ3) is 2.81. The van der Waals surface area contributed by atoms with Gasteiger partial charge in [-0.15, -0.1) is 11.3 Å². The van der Waals surface area contributed by atoms with Gasteiger partial charge in [-0.05, 0) is 23.6 Å². The van der Waals surface area contributed by atoms with Crippen LogP contribution in [0.5, 0.6) is 0 Å². The van der Waals surface area contributed by atoms with E-state index in [0.717, 1.165) is 5.03 Å². The molecule has 0 radical (unpaired) electrons. The molecule has 2 aromatic heterocycles. The summed E-state index contributed by atoms with van der Waals surface area (Å²) in [6.45, 7) is 0.641. The molecule has 0 aromatic carbocycles. The van der Waals surface area contributed by atoms with Gasteiger partial charge in [0.25, 0.3) is 0 Å². The first-order chi connectivity index (χ1) is 7.40. The number of hydrogen-bond acceptors (Lipinski definition) is 4. The largest absolute Gasteiger partial charge is 0.329 e. The molecule has 2 aromatic rings. The Balaban J connectivity index is 2.10. The first-order valence-corrected chi connectivity index (χ1v) is 6.47. The Labute approximate surface area is 97.5 Å². The molecule has 2 N–H and O–H groups in total. The van der Waals surface area contributed by atoms with E-state index in [0.29, 0.717) is 11.8 Å². The fourth-order valence-corrected chi connectivity index (χ4v) is 3.15. The van der Waals surface area contributed by atoms with Gasteiger partial charge in [0.05, 0.1) is 10.3 Å². The molecule has 2 heterocycles. The van der Waals surface area contributed by atoms with Crippen molar-refractivity contribution in [1.82, 2.24) is 4.98 Å². The summed E-state index contributed by atoms with van der Waals surface area (Å²) < 4.78 is 0. The van der Waals surface area contributed by atoms with E-state index in [1.54, 1.807) is 23.1 Å². The molecule has 0 saturated heterocycles.